The number of hydrogen-bond donors (Lipinski definition) is 2. The number of nitrogens with zero attached hydrogens (tertiary/aromatic N) is 3. The van der Waals surface area contributed by atoms with Crippen molar-refractivity contribution in [2.45, 2.75) is 32.9 Å². The van der Waals surface area contributed by atoms with Gasteiger partial charge in [-0.25, -0.2) is 4.39 Å². The second kappa shape index (κ2) is 5.44. The van der Waals surface area contributed by atoms with Crippen LogP contribution in [0.4, 0.5) is 10.3 Å². The first-order valence-corrected chi connectivity index (χ1v) is 7.23. The number of H-pyrrole nitrogens is 1. The minimum atomic E-state index is -0.205. The van der Waals surface area contributed by atoms with E-state index in [1.54, 1.807) is 19.1 Å². The number of anilines is 1. The highest BCUT2D eigenvalue weighted by atomic mass is 19.1. The van der Waals surface area contributed by atoms with E-state index in [1.165, 1.54) is 6.07 Å². The summed E-state index contributed by atoms with van der Waals surface area (Å²) in [5.74, 6) is 1.17. The lowest BCUT2D eigenvalue weighted by atomic mass is 10.1. The molecule has 1 aliphatic rings. The van der Waals surface area contributed by atoms with Crippen LogP contribution in [0, 0.1) is 12.7 Å². The molecule has 0 bridgehead atoms. The first-order chi connectivity index (χ1) is 10.0. The van der Waals surface area contributed by atoms with Gasteiger partial charge in [-0.1, -0.05) is 0 Å². The number of hydrogen-bond acceptors (Lipinski definition) is 4. The van der Waals surface area contributed by atoms with Gasteiger partial charge in [-0.05, 0) is 44.5 Å². The molecule has 6 heteroatoms. The molecule has 5 nitrogen and oxygen atoms in total. The SMILES string of the molecule is Cc1cc(-c2nc(N3CC(C)NC(C)C3)n[nH]2)ccc1F. The monoisotopic (exact) mass is 289 g/mol. The van der Waals surface area contributed by atoms with Crippen LogP contribution in [0.1, 0.15) is 19.4 Å². The molecule has 2 unspecified atom stereocenters. The molecular weight excluding hydrogens is 269 g/mol. The second-order valence-corrected chi connectivity index (χ2v) is 5.82. The topological polar surface area (TPSA) is 56.8 Å². The van der Waals surface area contributed by atoms with Gasteiger partial charge in [0.15, 0.2) is 5.82 Å². The number of aromatic nitrogens is 3. The fraction of sp³-hybridized carbons (Fsp3) is 0.467. The molecule has 2 N–H and O–H groups in total. The Bertz CT molecular complexity index is 629. The Morgan fingerprint density at radius 2 is 1.95 bits per heavy atom. The average molecular weight is 289 g/mol. The Morgan fingerprint density at radius 3 is 2.62 bits per heavy atom. The maximum absolute atomic E-state index is 13.3. The average Bonchev–Trinajstić information content (AvgIpc) is 2.90. The van der Waals surface area contributed by atoms with Crippen LogP contribution in [0.25, 0.3) is 11.4 Å². The van der Waals surface area contributed by atoms with Crippen LogP contribution in [0.2, 0.25) is 0 Å². The highest BCUT2D eigenvalue weighted by molar-refractivity contribution is 5.57. The van der Waals surface area contributed by atoms with Crippen LogP contribution in [0.5, 0.6) is 0 Å². The minimum absolute atomic E-state index is 0.205. The van der Waals surface area contributed by atoms with E-state index in [0.29, 0.717) is 29.4 Å². The van der Waals surface area contributed by atoms with Crippen LogP contribution in [0.15, 0.2) is 18.2 Å². The van der Waals surface area contributed by atoms with Gasteiger partial charge in [-0.3, -0.25) is 5.10 Å². The van der Waals surface area contributed by atoms with E-state index < -0.39 is 0 Å². The first-order valence-electron chi connectivity index (χ1n) is 7.23. The smallest absolute Gasteiger partial charge is 0.245 e. The lowest BCUT2D eigenvalue weighted by Crippen LogP contribution is -2.54. The Morgan fingerprint density at radius 1 is 1.24 bits per heavy atom. The van der Waals surface area contributed by atoms with Crippen molar-refractivity contribution in [3.63, 3.8) is 0 Å². The van der Waals surface area contributed by atoms with Crippen LogP contribution >= 0.6 is 0 Å². The van der Waals surface area contributed by atoms with Crippen LogP contribution in [-0.4, -0.2) is 40.4 Å². The van der Waals surface area contributed by atoms with Crippen molar-refractivity contribution in [2.75, 3.05) is 18.0 Å². The Kier molecular flexibility index (Phi) is 3.63. The molecule has 2 aromatic rings. The zero-order valence-electron chi connectivity index (χ0n) is 12.5. The minimum Gasteiger partial charge on any atom is -0.336 e. The number of aryl methyl sites for hydroxylation is 1. The van der Waals surface area contributed by atoms with E-state index in [-0.39, 0.29) is 5.82 Å². The zero-order valence-corrected chi connectivity index (χ0v) is 12.5. The van der Waals surface area contributed by atoms with Crippen molar-refractivity contribution in [1.29, 1.82) is 0 Å². The largest absolute Gasteiger partial charge is 0.336 e. The molecule has 2 heterocycles. The molecule has 0 radical (unpaired) electrons. The number of rotatable bonds is 2. The molecule has 112 valence electrons. The molecule has 3 rings (SSSR count). The van der Waals surface area contributed by atoms with Crippen molar-refractivity contribution in [3.05, 3.63) is 29.6 Å². The molecule has 21 heavy (non-hydrogen) atoms. The number of aromatic amines is 1. The second-order valence-electron chi connectivity index (χ2n) is 5.82. The standard InChI is InChI=1S/C15H20FN5/c1-9-6-12(4-5-13(9)16)14-18-15(20-19-14)21-7-10(2)17-11(3)8-21/h4-6,10-11,17H,7-8H2,1-3H3,(H,18,19,20). The van der Waals surface area contributed by atoms with Crippen molar-refractivity contribution < 1.29 is 4.39 Å². The third-order valence-corrected chi connectivity index (χ3v) is 3.75. The molecule has 2 atom stereocenters. The summed E-state index contributed by atoms with van der Waals surface area (Å²) in [6.45, 7) is 7.81. The van der Waals surface area contributed by atoms with Gasteiger partial charge in [0.05, 0.1) is 0 Å². The van der Waals surface area contributed by atoms with Gasteiger partial charge in [0.25, 0.3) is 0 Å². The highest BCUT2D eigenvalue weighted by Gasteiger charge is 2.23. The maximum atomic E-state index is 13.3. The summed E-state index contributed by atoms with van der Waals surface area (Å²) in [5, 5.41) is 10.7. The number of benzene rings is 1. The molecule has 0 aliphatic carbocycles. The molecule has 1 aromatic heterocycles. The van der Waals surface area contributed by atoms with Gasteiger partial charge in [-0.2, -0.15) is 4.98 Å². The zero-order chi connectivity index (χ0) is 15.0. The van der Waals surface area contributed by atoms with Gasteiger partial charge in [0.2, 0.25) is 5.95 Å². The molecule has 1 fully saturated rings. The predicted octanol–water partition coefficient (Wildman–Crippen LogP) is 2.11. The maximum Gasteiger partial charge on any atom is 0.245 e. The number of piperazine rings is 1. The van der Waals surface area contributed by atoms with Gasteiger partial charge in [0, 0.05) is 30.7 Å². The third-order valence-electron chi connectivity index (χ3n) is 3.75. The molecule has 0 spiro atoms. The molecule has 0 amide bonds. The molecule has 0 saturated carbocycles. The van der Waals surface area contributed by atoms with Crippen molar-refractivity contribution >= 4 is 5.95 Å². The van der Waals surface area contributed by atoms with Gasteiger partial charge in [0.1, 0.15) is 5.82 Å². The number of nitrogens with one attached hydrogen (secondary N) is 2. The van der Waals surface area contributed by atoms with E-state index >= 15 is 0 Å². The molecular formula is C15H20FN5. The summed E-state index contributed by atoms with van der Waals surface area (Å²) in [6.07, 6.45) is 0. The van der Waals surface area contributed by atoms with Gasteiger partial charge >= 0.3 is 0 Å². The van der Waals surface area contributed by atoms with E-state index in [2.05, 4.69) is 39.2 Å². The summed E-state index contributed by atoms with van der Waals surface area (Å²) < 4.78 is 13.3. The quantitative estimate of drug-likeness (QED) is 0.889. The van der Waals surface area contributed by atoms with Gasteiger partial charge < -0.3 is 10.2 Å². The van der Waals surface area contributed by atoms with Gasteiger partial charge in [-0.15, -0.1) is 5.10 Å². The highest BCUT2D eigenvalue weighted by Crippen LogP contribution is 2.21. The fourth-order valence-corrected chi connectivity index (χ4v) is 2.81. The van der Waals surface area contributed by atoms with E-state index in [0.717, 1.165) is 18.7 Å². The summed E-state index contributed by atoms with van der Waals surface area (Å²) in [6, 6.07) is 5.77. The van der Waals surface area contributed by atoms with Crippen LogP contribution in [0.3, 0.4) is 0 Å². The normalized spacial score (nSPS) is 22.6. The van der Waals surface area contributed by atoms with E-state index in [9.17, 15) is 4.39 Å². The lowest BCUT2D eigenvalue weighted by molar-refractivity contribution is 0.403. The molecule has 1 aromatic carbocycles. The summed E-state index contributed by atoms with van der Waals surface area (Å²) in [4.78, 5) is 6.72. The van der Waals surface area contributed by atoms with Crippen molar-refractivity contribution in [1.82, 2.24) is 20.5 Å². The fourth-order valence-electron chi connectivity index (χ4n) is 2.81. The first kappa shape index (κ1) is 14.0. The molecule has 1 aliphatic heterocycles. The van der Waals surface area contributed by atoms with Crippen LogP contribution < -0.4 is 10.2 Å². The third kappa shape index (κ3) is 2.90. The van der Waals surface area contributed by atoms with Crippen molar-refractivity contribution in [3.8, 4) is 11.4 Å². The summed E-state index contributed by atoms with van der Waals surface area (Å²) in [5.41, 5.74) is 1.46. The lowest BCUT2D eigenvalue weighted by Gasteiger charge is -2.35. The Hall–Kier alpha value is -1.95. The van der Waals surface area contributed by atoms with E-state index in [1.807, 2.05) is 0 Å². The van der Waals surface area contributed by atoms with E-state index in [4.69, 9.17) is 0 Å². The van der Waals surface area contributed by atoms with Crippen molar-refractivity contribution in [2.24, 2.45) is 0 Å². The summed E-state index contributed by atoms with van der Waals surface area (Å²) in [7, 11) is 0. The number of halogens is 1. The Balaban J connectivity index is 1.84. The van der Waals surface area contributed by atoms with Crippen LogP contribution in [-0.2, 0) is 0 Å². The Labute approximate surface area is 123 Å². The summed E-state index contributed by atoms with van der Waals surface area (Å²) >= 11 is 0. The molecule has 1 saturated heterocycles. The predicted molar refractivity (Wildman–Crippen MR) is 80.8 cm³/mol.